The normalized spacial score (nSPS) is 17.0. The molecule has 0 amide bonds. The van der Waals surface area contributed by atoms with E-state index in [2.05, 4.69) is 93.1 Å². The van der Waals surface area contributed by atoms with Crippen molar-refractivity contribution in [2.24, 2.45) is 10.8 Å². The van der Waals surface area contributed by atoms with E-state index in [0.29, 0.717) is 49.9 Å². The van der Waals surface area contributed by atoms with Gasteiger partial charge < -0.3 is 32.2 Å². The van der Waals surface area contributed by atoms with Crippen molar-refractivity contribution in [1.29, 1.82) is 0 Å². The summed E-state index contributed by atoms with van der Waals surface area (Å²) in [5.74, 6) is -0.766. The second-order valence-corrected chi connectivity index (χ2v) is 22.2. The maximum atomic E-state index is 13.5. The number of carbonyl (C=O) groups is 2. The minimum Gasteiger partial charge on any atom is -0.461 e. The summed E-state index contributed by atoms with van der Waals surface area (Å²) in [4.78, 5) is 35.7. The predicted octanol–water partition coefficient (Wildman–Crippen LogP) is 8.01. The van der Waals surface area contributed by atoms with Crippen LogP contribution in [0, 0.1) is 10.8 Å². The third-order valence-corrected chi connectivity index (χ3v) is 15.1. The number of aromatic nitrogens is 2. The van der Waals surface area contributed by atoms with Gasteiger partial charge in [-0.25, -0.2) is 9.97 Å². The van der Waals surface area contributed by atoms with Gasteiger partial charge in [0.2, 0.25) is 5.89 Å². The molecule has 2 aromatic heterocycles. The van der Waals surface area contributed by atoms with Gasteiger partial charge in [0.05, 0.1) is 18.6 Å². The smallest absolute Gasteiger partial charge is 0.311 e. The van der Waals surface area contributed by atoms with Gasteiger partial charge in [0.15, 0.2) is 17.4 Å². The van der Waals surface area contributed by atoms with Gasteiger partial charge >= 0.3 is 5.97 Å². The number of ether oxygens (including phenoxy) is 4. The first kappa shape index (κ1) is 43.2. The Labute approximate surface area is 333 Å². The summed E-state index contributed by atoms with van der Waals surface area (Å²) in [5.41, 5.74) is 0.00230. The van der Waals surface area contributed by atoms with Gasteiger partial charge in [-0.15, -0.1) is 0 Å². The summed E-state index contributed by atoms with van der Waals surface area (Å²) in [6.45, 7) is 19.6. The molecule has 11 nitrogen and oxygen atoms in total. The highest BCUT2D eigenvalue weighted by Crippen LogP contribution is 2.37. The van der Waals surface area contributed by atoms with Gasteiger partial charge in [0.25, 0.3) is 8.32 Å². The molecule has 0 spiro atoms. The largest absolute Gasteiger partial charge is 0.461 e. The van der Waals surface area contributed by atoms with Crippen molar-refractivity contribution >= 4 is 30.4 Å². The van der Waals surface area contributed by atoms with Crippen molar-refractivity contribution < 1.29 is 41.8 Å². The summed E-state index contributed by atoms with van der Waals surface area (Å²) in [7, 11) is -1.13. The molecular weight excluding hydrogens is 729 g/mol. The van der Waals surface area contributed by atoms with E-state index in [1.54, 1.807) is 20.8 Å². The lowest BCUT2D eigenvalue weighted by molar-refractivity contribution is -0.299. The van der Waals surface area contributed by atoms with Crippen molar-refractivity contribution in [2.45, 2.75) is 117 Å². The molecule has 0 N–H and O–H groups in total. The van der Waals surface area contributed by atoms with Crippen LogP contribution < -0.4 is 10.4 Å². The van der Waals surface area contributed by atoms with Crippen molar-refractivity contribution in [1.82, 2.24) is 9.97 Å². The van der Waals surface area contributed by atoms with E-state index in [-0.39, 0.29) is 41.4 Å². The van der Waals surface area contributed by atoms with Crippen LogP contribution in [0.15, 0.2) is 82.0 Å². The average Bonchev–Trinajstić information content (AvgIpc) is 3.82. The zero-order valence-corrected chi connectivity index (χ0v) is 35.8. The van der Waals surface area contributed by atoms with E-state index >= 15 is 0 Å². The Balaban J connectivity index is 1.20. The highest BCUT2D eigenvalue weighted by molar-refractivity contribution is 6.99. The predicted molar refractivity (Wildman–Crippen MR) is 216 cm³/mol. The number of oxazole rings is 2. The molecule has 0 unspecified atom stereocenters. The quantitative estimate of drug-likeness (QED) is 0.0586. The number of benzene rings is 2. The first-order chi connectivity index (χ1) is 26.3. The lowest BCUT2D eigenvalue weighted by atomic mass is 9.93. The molecule has 4 aromatic rings. The fourth-order valence-corrected chi connectivity index (χ4v) is 11.5. The molecule has 1 fully saturated rings. The molecule has 0 aliphatic carbocycles. The number of Topliss-reactive ketones (excluding diaryl/α,β-unsaturated/α-hetero) is 1. The Hall–Kier alpha value is -3.94. The Bertz CT molecular complexity index is 1830. The summed E-state index contributed by atoms with van der Waals surface area (Å²) in [6, 6.07) is 21.1. The van der Waals surface area contributed by atoms with E-state index < -0.39 is 37.7 Å². The van der Waals surface area contributed by atoms with Crippen LogP contribution in [0.25, 0.3) is 11.6 Å². The zero-order chi connectivity index (χ0) is 40.8. The van der Waals surface area contributed by atoms with Crippen molar-refractivity contribution in [3.63, 3.8) is 0 Å². The number of rotatable bonds is 17. The summed E-state index contributed by atoms with van der Waals surface area (Å²) in [5, 5.41) is 2.35. The molecule has 304 valence electrons. The van der Waals surface area contributed by atoms with Crippen LogP contribution >= 0.6 is 0 Å². The van der Waals surface area contributed by atoms with Crippen molar-refractivity contribution in [2.75, 3.05) is 26.9 Å². The molecule has 1 aliphatic heterocycles. The fraction of sp³-hybridized carbons (Fsp3) is 0.545. The van der Waals surface area contributed by atoms with Gasteiger partial charge in [-0.05, 0) is 49.5 Å². The SMILES string of the molecule is CO[C@H](CC(=O)C[C@H](CC1(C)OCC(C)(C)CO1)OC(=O)C(C)(C)C)c1coc(-c2coc(CCCO[Si](c3ccccc3)(c3ccccc3)C(C)(C)C)n2)n1. The third kappa shape index (κ3) is 10.7. The van der Waals surface area contributed by atoms with E-state index in [9.17, 15) is 9.59 Å². The number of carbonyl (C=O) groups excluding carboxylic acids is 2. The summed E-state index contributed by atoms with van der Waals surface area (Å²) in [6.07, 6.45) is 2.97. The maximum absolute atomic E-state index is 13.5. The van der Waals surface area contributed by atoms with Crippen LogP contribution in [-0.4, -0.2) is 68.9 Å². The van der Waals surface area contributed by atoms with E-state index in [4.69, 9.17) is 32.2 Å². The van der Waals surface area contributed by atoms with Gasteiger partial charge in [-0.1, -0.05) is 95.3 Å². The third-order valence-electron chi connectivity index (χ3n) is 10.1. The highest BCUT2D eigenvalue weighted by atomic mass is 28.4. The van der Waals surface area contributed by atoms with E-state index in [1.165, 1.54) is 30.0 Å². The van der Waals surface area contributed by atoms with Crippen LogP contribution in [0.1, 0.15) is 106 Å². The number of nitrogens with zero attached hydrogens (tertiary/aromatic N) is 2. The number of methoxy groups -OCH3 is 1. The monoisotopic (exact) mass is 788 g/mol. The van der Waals surface area contributed by atoms with Gasteiger partial charge in [0, 0.05) is 44.8 Å². The number of hydrogen-bond acceptors (Lipinski definition) is 11. The molecule has 0 saturated carbocycles. The molecule has 56 heavy (non-hydrogen) atoms. The summed E-state index contributed by atoms with van der Waals surface area (Å²) < 4.78 is 42.4. The highest BCUT2D eigenvalue weighted by Gasteiger charge is 2.50. The second kappa shape index (κ2) is 17.7. The molecule has 12 heteroatoms. The molecule has 3 heterocycles. The lowest BCUT2D eigenvalue weighted by Crippen LogP contribution is -2.66. The van der Waals surface area contributed by atoms with Crippen molar-refractivity contribution in [3.8, 4) is 11.6 Å². The second-order valence-electron chi connectivity index (χ2n) is 17.8. The molecule has 5 rings (SSSR count). The fourth-order valence-electron chi connectivity index (χ4n) is 6.93. The molecule has 2 aromatic carbocycles. The van der Waals surface area contributed by atoms with Crippen molar-refractivity contribution in [3.05, 3.63) is 84.8 Å². The minimum atomic E-state index is -2.65. The van der Waals surface area contributed by atoms with Crippen LogP contribution in [0.3, 0.4) is 0 Å². The van der Waals surface area contributed by atoms with Crippen LogP contribution in [0.2, 0.25) is 5.04 Å². The molecule has 0 bridgehead atoms. The van der Waals surface area contributed by atoms with Gasteiger partial charge in [-0.3, -0.25) is 9.59 Å². The van der Waals surface area contributed by atoms with Crippen LogP contribution in [0.5, 0.6) is 0 Å². The maximum Gasteiger partial charge on any atom is 0.311 e. The Morgan fingerprint density at radius 2 is 1.45 bits per heavy atom. The van der Waals surface area contributed by atoms with Crippen LogP contribution in [-0.2, 0) is 39.4 Å². The molecule has 1 saturated heterocycles. The molecule has 2 atom stereocenters. The van der Waals surface area contributed by atoms with E-state index in [0.717, 1.165) is 0 Å². The Kier molecular flexibility index (Phi) is 13.6. The standard InChI is InChI=1S/C44H60N2O9Si/c1-41(2,3)40(48)55-32(26-44(9)52-29-43(7,8)30-53-44)24-31(47)25-37(49-10)35-27-51-39(46-35)36-28-50-38(45-36)22-17-23-54-56(42(4,5)6,33-18-13-11-14-19-33)34-20-15-12-16-21-34/h11-16,18-21,27-28,32,37H,17,22-26,29-30H2,1-10H3/t32-,37-/m1/s1. The number of aryl methyl sites for hydroxylation is 1. The molecule has 1 aliphatic rings. The van der Waals surface area contributed by atoms with E-state index in [1.807, 2.05) is 19.1 Å². The number of esters is 1. The van der Waals surface area contributed by atoms with Crippen LogP contribution in [0.4, 0.5) is 0 Å². The topological polar surface area (TPSA) is 132 Å². The Morgan fingerprint density at radius 1 is 0.839 bits per heavy atom. The molecular formula is C44H60N2O9Si. The number of ketones is 1. The summed E-state index contributed by atoms with van der Waals surface area (Å²) >= 11 is 0. The zero-order valence-electron chi connectivity index (χ0n) is 34.8. The lowest BCUT2D eigenvalue weighted by Gasteiger charge is -2.43. The van der Waals surface area contributed by atoms with Gasteiger partial charge in [-0.2, -0.15) is 0 Å². The first-order valence-corrected chi connectivity index (χ1v) is 21.4. The molecule has 0 radical (unpaired) electrons. The average molecular weight is 789 g/mol. The number of hydrogen-bond donors (Lipinski definition) is 0. The van der Waals surface area contributed by atoms with Gasteiger partial charge in [0.1, 0.15) is 36.2 Å². The Morgan fingerprint density at radius 3 is 2.00 bits per heavy atom. The minimum absolute atomic E-state index is 0.00704. The first-order valence-electron chi connectivity index (χ1n) is 19.5.